The minimum Gasteiger partial charge on any atom is -0.310 e. The Morgan fingerprint density at radius 1 is 1.37 bits per heavy atom. The Balaban J connectivity index is 2.21. The first-order valence-corrected chi connectivity index (χ1v) is 7.87. The Bertz CT molecular complexity index is 527. The molecular formula is C15H23N3S. The smallest absolute Gasteiger partial charge is 0.0624 e. The fraction of sp³-hybridized carbons (Fsp3) is 0.533. The second kappa shape index (κ2) is 6.35. The molecule has 3 nitrogen and oxygen atoms in total. The summed E-state index contributed by atoms with van der Waals surface area (Å²) in [7, 11) is 2.04. The van der Waals surface area contributed by atoms with Crippen LogP contribution in [0.25, 0.3) is 0 Å². The van der Waals surface area contributed by atoms with Crippen molar-refractivity contribution >= 4 is 11.3 Å². The first kappa shape index (κ1) is 14.3. The highest BCUT2D eigenvalue weighted by Gasteiger charge is 2.16. The zero-order valence-corrected chi connectivity index (χ0v) is 13.0. The normalized spacial score (nSPS) is 12.8. The van der Waals surface area contributed by atoms with Crippen LogP contribution in [0.2, 0.25) is 0 Å². The summed E-state index contributed by atoms with van der Waals surface area (Å²) in [6.07, 6.45) is 1.99. The summed E-state index contributed by atoms with van der Waals surface area (Å²) in [5.41, 5.74) is 5.28. The Morgan fingerprint density at radius 3 is 2.68 bits per heavy atom. The van der Waals surface area contributed by atoms with Crippen LogP contribution in [0, 0.1) is 6.92 Å². The van der Waals surface area contributed by atoms with Gasteiger partial charge in [0.05, 0.1) is 5.69 Å². The van der Waals surface area contributed by atoms with E-state index in [4.69, 9.17) is 0 Å². The Morgan fingerprint density at radius 2 is 2.16 bits per heavy atom. The van der Waals surface area contributed by atoms with Crippen molar-refractivity contribution in [3.05, 3.63) is 39.3 Å². The standard InChI is InChI=1S/C15H23N3S/c1-5-12-7-13(18(4)17-12)8-15(16-6-2)14-10-19-9-11(14)3/h7,9-10,15-16H,5-6,8H2,1-4H3. The van der Waals surface area contributed by atoms with Gasteiger partial charge in [0.25, 0.3) is 0 Å². The van der Waals surface area contributed by atoms with E-state index >= 15 is 0 Å². The zero-order chi connectivity index (χ0) is 13.8. The highest BCUT2D eigenvalue weighted by atomic mass is 32.1. The van der Waals surface area contributed by atoms with Gasteiger partial charge in [-0.05, 0) is 47.8 Å². The molecule has 0 aliphatic rings. The topological polar surface area (TPSA) is 29.9 Å². The lowest BCUT2D eigenvalue weighted by molar-refractivity contribution is 0.528. The van der Waals surface area contributed by atoms with E-state index < -0.39 is 0 Å². The van der Waals surface area contributed by atoms with Crippen molar-refractivity contribution < 1.29 is 0 Å². The molecule has 0 saturated heterocycles. The molecule has 0 fully saturated rings. The van der Waals surface area contributed by atoms with Gasteiger partial charge in [0.15, 0.2) is 0 Å². The second-order valence-corrected chi connectivity index (χ2v) is 5.67. The fourth-order valence-corrected chi connectivity index (χ4v) is 3.32. The summed E-state index contributed by atoms with van der Waals surface area (Å²) >= 11 is 1.78. The van der Waals surface area contributed by atoms with Crippen molar-refractivity contribution in [3.8, 4) is 0 Å². The van der Waals surface area contributed by atoms with E-state index in [9.17, 15) is 0 Å². The van der Waals surface area contributed by atoms with E-state index in [1.54, 1.807) is 11.3 Å². The van der Waals surface area contributed by atoms with Crippen LogP contribution in [-0.4, -0.2) is 16.3 Å². The third-order valence-corrected chi connectivity index (χ3v) is 4.40. The molecule has 1 atom stereocenters. The second-order valence-electron chi connectivity index (χ2n) is 4.93. The largest absolute Gasteiger partial charge is 0.310 e. The molecule has 0 radical (unpaired) electrons. The van der Waals surface area contributed by atoms with Gasteiger partial charge in [-0.25, -0.2) is 0 Å². The molecule has 0 aliphatic heterocycles. The number of nitrogens with one attached hydrogen (secondary N) is 1. The summed E-state index contributed by atoms with van der Waals surface area (Å²) in [6, 6.07) is 2.61. The molecule has 1 unspecified atom stereocenters. The lowest BCUT2D eigenvalue weighted by Crippen LogP contribution is -2.24. The Labute approximate surface area is 119 Å². The number of hydrogen-bond donors (Lipinski definition) is 1. The molecule has 2 rings (SSSR count). The number of likely N-dealkylation sites (N-methyl/N-ethyl adjacent to an activating group) is 1. The van der Waals surface area contributed by atoms with Crippen LogP contribution in [0.15, 0.2) is 16.8 Å². The van der Waals surface area contributed by atoms with Crippen molar-refractivity contribution in [2.45, 2.75) is 39.7 Å². The predicted molar refractivity (Wildman–Crippen MR) is 81.8 cm³/mol. The monoisotopic (exact) mass is 277 g/mol. The van der Waals surface area contributed by atoms with Crippen LogP contribution in [-0.2, 0) is 19.9 Å². The maximum absolute atomic E-state index is 4.54. The van der Waals surface area contributed by atoms with Gasteiger partial charge in [0.1, 0.15) is 0 Å². The molecule has 0 saturated carbocycles. The van der Waals surface area contributed by atoms with Crippen LogP contribution < -0.4 is 5.32 Å². The molecule has 2 aromatic rings. The number of nitrogens with zero attached hydrogens (tertiary/aromatic N) is 2. The van der Waals surface area contributed by atoms with E-state index in [0.717, 1.165) is 19.4 Å². The quantitative estimate of drug-likeness (QED) is 0.878. The van der Waals surface area contributed by atoms with Crippen molar-refractivity contribution in [2.75, 3.05) is 6.54 Å². The minimum atomic E-state index is 0.386. The molecule has 1 N–H and O–H groups in total. The molecule has 2 heterocycles. The molecule has 0 amide bonds. The van der Waals surface area contributed by atoms with Crippen LogP contribution in [0.3, 0.4) is 0 Å². The summed E-state index contributed by atoms with van der Waals surface area (Å²) in [5.74, 6) is 0. The van der Waals surface area contributed by atoms with Gasteiger partial charge in [-0.2, -0.15) is 16.4 Å². The highest BCUT2D eigenvalue weighted by Crippen LogP contribution is 2.25. The first-order chi connectivity index (χ1) is 9.15. The van der Waals surface area contributed by atoms with Crippen molar-refractivity contribution in [1.29, 1.82) is 0 Å². The summed E-state index contributed by atoms with van der Waals surface area (Å²) in [4.78, 5) is 0. The highest BCUT2D eigenvalue weighted by molar-refractivity contribution is 7.08. The SMILES string of the molecule is CCNC(Cc1cc(CC)nn1C)c1cscc1C. The van der Waals surface area contributed by atoms with Gasteiger partial charge in [-0.3, -0.25) is 4.68 Å². The van der Waals surface area contributed by atoms with Crippen molar-refractivity contribution in [3.63, 3.8) is 0 Å². The van der Waals surface area contributed by atoms with Gasteiger partial charge < -0.3 is 5.32 Å². The van der Waals surface area contributed by atoms with Gasteiger partial charge in [0, 0.05) is 25.2 Å². The summed E-state index contributed by atoms with van der Waals surface area (Å²) < 4.78 is 2.02. The van der Waals surface area contributed by atoms with E-state index in [-0.39, 0.29) is 0 Å². The molecule has 19 heavy (non-hydrogen) atoms. The molecule has 0 spiro atoms. The predicted octanol–water partition coefficient (Wildman–Crippen LogP) is 3.25. The van der Waals surface area contributed by atoms with Gasteiger partial charge >= 0.3 is 0 Å². The molecule has 2 aromatic heterocycles. The van der Waals surface area contributed by atoms with Crippen LogP contribution in [0.1, 0.15) is 42.4 Å². The Hall–Kier alpha value is -1.13. The minimum absolute atomic E-state index is 0.386. The number of rotatable bonds is 6. The summed E-state index contributed by atoms with van der Waals surface area (Å²) in [6.45, 7) is 7.49. The number of hydrogen-bond acceptors (Lipinski definition) is 3. The Kier molecular flexibility index (Phi) is 4.77. The third kappa shape index (κ3) is 3.25. The van der Waals surface area contributed by atoms with Crippen LogP contribution >= 0.6 is 11.3 Å². The van der Waals surface area contributed by atoms with E-state index in [0.29, 0.717) is 6.04 Å². The van der Waals surface area contributed by atoms with E-state index in [1.807, 2.05) is 11.7 Å². The molecule has 0 aromatic carbocycles. The average Bonchev–Trinajstić information content (AvgIpc) is 2.96. The fourth-order valence-electron chi connectivity index (χ4n) is 2.41. The molecule has 0 bridgehead atoms. The third-order valence-electron chi connectivity index (χ3n) is 3.52. The van der Waals surface area contributed by atoms with Crippen LogP contribution in [0.5, 0.6) is 0 Å². The lowest BCUT2D eigenvalue weighted by atomic mass is 10.0. The van der Waals surface area contributed by atoms with Gasteiger partial charge in [0.2, 0.25) is 0 Å². The number of thiophene rings is 1. The molecule has 0 aliphatic carbocycles. The van der Waals surface area contributed by atoms with Crippen molar-refractivity contribution in [1.82, 2.24) is 15.1 Å². The number of aryl methyl sites for hydroxylation is 3. The maximum Gasteiger partial charge on any atom is 0.0624 e. The average molecular weight is 277 g/mol. The summed E-state index contributed by atoms with van der Waals surface area (Å²) in [5, 5.41) is 12.6. The van der Waals surface area contributed by atoms with E-state index in [1.165, 1.54) is 22.5 Å². The van der Waals surface area contributed by atoms with Crippen molar-refractivity contribution in [2.24, 2.45) is 7.05 Å². The zero-order valence-electron chi connectivity index (χ0n) is 12.2. The molecule has 4 heteroatoms. The van der Waals surface area contributed by atoms with E-state index in [2.05, 4.69) is 48.0 Å². The lowest BCUT2D eigenvalue weighted by Gasteiger charge is -2.18. The first-order valence-electron chi connectivity index (χ1n) is 6.93. The number of aromatic nitrogens is 2. The van der Waals surface area contributed by atoms with Crippen LogP contribution in [0.4, 0.5) is 0 Å². The van der Waals surface area contributed by atoms with Gasteiger partial charge in [-0.15, -0.1) is 0 Å². The molecular weight excluding hydrogens is 254 g/mol. The molecule has 104 valence electrons. The maximum atomic E-state index is 4.54. The van der Waals surface area contributed by atoms with Gasteiger partial charge in [-0.1, -0.05) is 13.8 Å².